The summed E-state index contributed by atoms with van der Waals surface area (Å²) in [6.07, 6.45) is 2.70. The van der Waals surface area contributed by atoms with Crippen LogP contribution in [-0.4, -0.2) is 40.0 Å². The number of aliphatic carboxylic acids is 1. The van der Waals surface area contributed by atoms with Gasteiger partial charge < -0.3 is 20.7 Å². The largest absolute Gasteiger partial charge is 0.480 e. The van der Waals surface area contributed by atoms with Crippen LogP contribution in [0.4, 0.5) is 0 Å². The maximum atomic E-state index is 12.0. The summed E-state index contributed by atoms with van der Waals surface area (Å²) in [5.74, 6) is -1.56. The highest BCUT2D eigenvalue weighted by Crippen LogP contribution is 2.19. The van der Waals surface area contributed by atoms with Gasteiger partial charge >= 0.3 is 5.97 Å². The highest BCUT2D eigenvalue weighted by atomic mass is 16.4. The summed E-state index contributed by atoms with van der Waals surface area (Å²) in [4.78, 5) is 38.2. The average Bonchev–Trinajstić information content (AvgIpc) is 2.96. The fourth-order valence-electron chi connectivity index (χ4n) is 2.79. The van der Waals surface area contributed by atoms with E-state index in [1.807, 2.05) is 38.1 Å². The molecule has 2 aromatic rings. The number of benzene rings is 1. The van der Waals surface area contributed by atoms with E-state index in [1.165, 1.54) is 0 Å². The van der Waals surface area contributed by atoms with E-state index in [1.54, 1.807) is 6.20 Å². The highest BCUT2D eigenvalue weighted by molar-refractivity contribution is 5.87. The molecule has 0 aliphatic rings. The normalized spacial score (nSPS) is 12.1. The molecule has 1 aromatic heterocycles. The van der Waals surface area contributed by atoms with Gasteiger partial charge in [-0.1, -0.05) is 18.2 Å². The number of hydrogen-bond donors (Lipinski definition) is 4. The Labute approximate surface area is 152 Å². The number of H-pyrrole nitrogens is 1. The van der Waals surface area contributed by atoms with Gasteiger partial charge in [0.25, 0.3) is 0 Å². The highest BCUT2D eigenvalue weighted by Gasteiger charge is 2.21. The van der Waals surface area contributed by atoms with Gasteiger partial charge in [-0.3, -0.25) is 9.59 Å². The average molecular weight is 359 g/mol. The van der Waals surface area contributed by atoms with Gasteiger partial charge in [-0.05, 0) is 31.9 Å². The Hall–Kier alpha value is -2.83. The molecule has 7 heteroatoms. The third-order valence-corrected chi connectivity index (χ3v) is 3.99. The Bertz CT molecular complexity index is 782. The van der Waals surface area contributed by atoms with Crippen molar-refractivity contribution in [2.45, 2.75) is 51.6 Å². The monoisotopic (exact) mass is 359 g/mol. The summed E-state index contributed by atoms with van der Waals surface area (Å²) in [6, 6.07) is 6.66. The van der Waals surface area contributed by atoms with Crippen molar-refractivity contribution in [3.63, 3.8) is 0 Å². The van der Waals surface area contributed by atoms with Gasteiger partial charge in [0.05, 0.1) is 0 Å². The molecule has 140 valence electrons. The van der Waals surface area contributed by atoms with Gasteiger partial charge in [0, 0.05) is 42.4 Å². The van der Waals surface area contributed by atoms with Crippen LogP contribution in [0.25, 0.3) is 10.9 Å². The summed E-state index contributed by atoms with van der Waals surface area (Å²) < 4.78 is 0. The predicted octanol–water partition coefficient (Wildman–Crippen LogP) is 1.97. The molecule has 0 bridgehead atoms. The molecule has 26 heavy (non-hydrogen) atoms. The summed E-state index contributed by atoms with van der Waals surface area (Å²) in [5, 5.41) is 15.7. The smallest absolute Gasteiger partial charge is 0.326 e. The Morgan fingerprint density at radius 2 is 1.73 bits per heavy atom. The number of hydrogen-bond acceptors (Lipinski definition) is 3. The van der Waals surface area contributed by atoms with E-state index in [0.717, 1.165) is 16.5 Å². The van der Waals surface area contributed by atoms with Crippen LogP contribution in [0.3, 0.4) is 0 Å². The summed E-state index contributed by atoms with van der Waals surface area (Å²) in [7, 11) is 0. The second-order valence-electron chi connectivity index (χ2n) is 6.60. The molecule has 0 saturated carbocycles. The Balaban J connectivity index is 1.88. The Kier molecular flexibility index (Phi) is 6.77. The van der Waals surface area contributed by atoms with Gasteiger partial charge in [0.1, 0.15) is 6.04 Å². The molecule has 7 nitrogen and oxygen atoms in total. The van der Waals surface area contributed by atoms with Crippen LogP contribution in [0.2, 0.25) is 0 Å². The molecule has 0 saturated heterocycles. The lowest BCUT2D eigenvalue weighted by Gasteiger charge is -2.14. The minimum absolute atomic E-state index is 0.0592. The number of fused-ring (bicyclic) bond motifs is 1. The van der Waals surface area contributed by atoms with E-state index >= 15 is 0 Å². The summed E-state index contributed by atoms with van der Waals surface area (Å²) >= 11 is 0. The van der Waals surface area contributed by atoms with E-state index in [2.05, 4.69) is 15.6 Å². The fraction of sp³-hybridized carbons (Fsp3) is 0.421. The van der Waals surface area contributed by atoms with Crippen molar-refractivity contribution >= 4 is 28.7 Å². The number of carbonyl (C=O) groups is 3. The molecule has 1 heterocycles. The lowest BCUT2D eigenvalue weighted by atomic mass is 10.0. The summed E-state index contributed by atoms with van der Waals surface area (Å²) in [5.41, 5.74) is 1.76. The molecular formula is C19H25N3O4. The molecule has 1 unspecified atom stereocenters. The zero-order valence-corrected chi connectivity index (χ0v) is 15.0. The number of nitrogens with one attached hydrogen (secondary N) is 3. The van der Waals surface area contributed by atoms with Crippen LogP contribution >= 0.6 is 0 Å². The zero-order valence-electron chi connectivity index (χ0n) is 15.0. The first-order valence-corrected chi connectivity index (χ1v) is 8.73. The van der Waals surface area contributed by atoms with Gasteiger partial charge in [-0.15, -0.1) is 0 Å². The van der Waals surface area contributed by atoms with Crippen molar-refractivity contribution < 1.29 is 19.5 Å². The number of carbonyl (C=O) groups excluding carboxylic acids is 2. The number of aromatic nitrogens is 1. The minimum Gasteiger partial charge on any atom is -0.480 e. The molecule has 4 N–H and O–H groups in total. The van der Waals surface area contributed by atoms with Crippen LogP contribution in [0, 0.1) is 0 Å². The molecule has 1 aromatic carbocycles. The van der Waals surface area contributed by atoms with E-state index in [4.69, 9.17) is 0 Å². The Morgan fingerprint density at radius 3 is 2.38 bits per heavy atom. The van der Waals surface area contributed by atoms with Crippen LogP contribution in [0.1, 0.15) is 38.7 Å². The quantitative estimate of drug-likeness (QED) is 0.548. The number of para-hydroxylation sites is 1. The second kappa shape index (κ2) is 9.03. The number of carboxylic acids is 1. The number of carboxylic acid groups (broad SMARTS) is 1. The third-order valence-electron chi connectivity index (χ3n) is 3.99. The van der Waals surface area contributed by atoms with Crippen LogP contribution in [-0.2, 0) is 20.8 Å². The molecule has 2 rings (SSSR count). The molecule has 0 spiro atoms. The second-order valence-corrected chi connectivity index (χ2v) is 6.60. The van der Waals surface area contributed by atoms with Crippen molar-refractivity contribution in [1.82, 2.24) is 15.6 Å². The third kappa shape index (κ3) is 5.61. The van der Waals surface area contributed by atoms with Crippen LogP contribution < -0.4 is 10.6 Å². The zero-order chi connectivity index (χ0) is 19.1. The molecular weight excluding hydrogens is 334 g/mol. The maximum Gasteiger partial charge on any atom is 0.326 e. The van der Waals surface area contributed by atoms with Crippen LogP contribution in [0.5, 0.6) is 0 Å². The predicted molar refractivity (Wildman–Crippen MR) is 98.7 cm³/mol. The van der Waals surface area contributed by atoms with E-state index in [9.17, 15) is 19.5 Å². The SMILES string of the molecule is CC(C)NC(=O)CCCC(=O)NC(Cc1c[nH]c2ccccc12)C(=O)O. The molecule has 0 aliphatic carbocycles. The van der Waals surface area contributed by atoms with Gasteiger partial charge in [0.15, 0.2) is 0 Å². The minimum atomic E-state index is -1.08. The summed E-state index contributed by atoms with van der Waals surface area (Å²) in [6.45, 7) is 3.74. The number of rotatable bonds is 9. The molecule has 1 atom stereocenters. The van der Waals surface area contributed by atoms with Crippen molar-refractivity contribution in [2.75, 3.05) is 0 Å². The van der Waals surface area contributed by atoms with E-state index in [-0.39, 0.29) is 37.1 Å². The van der Waals surface area contributed by atoms with Crippen molar-refractivity contribution in [3.8, 4) is 0 Å². The van der Waals surface area contributed by atoms with Gasteiger partial charge in [-0.2, -0.15) is 0 Å². The number of amides is 2. The van der Waals surface area contributed by atoms with E-state index in [0.29, 0.717) is 6.42 Å². The fourth-order valence-corrected chi connectivity index (χ4v) is 2.79. The lowest BCUT2D eigenvalue weighted by Crippen LogP contribution is -2.42. The van der Waals surface area contributed by atoms with Crippen molar-refractivity contribution in [2.24, 2.45) is 0 Å². The first-order valence-electron chi connectivity index (χ1n) is 8.73. The first kappa shape index (κ1) is 19.5. The van der Waals surface area contributed by atoms with Gasteiger partial charge in [-0.25, -0.2) is 4.79 Å². The molecule has 0 radical (unpaired) electrons. The molecule has 2 amide bonds. The van der Waals surface area contributed by atoms with Crippen molar-refractivity contribution in [3.05, 3.63) is 36.0 Å². The van der Waals surface area contributed by atoms with Crippen molar-refractivity contribution in [1.29, 1.82) is 0 Å². The van der Waals surface area contributed by atoms with Gasteiger partial charge in [0.2, 0.25) is 11.8 Å². The lowest BCUT2D eigenvalue weighted by molar-refractivity contribution is -0.141. The van der Waals surface area contributed by atoms with E-state index < -0.39 is 12.0 Å². The standard InChI is InChI=1S/C19H25N3O4/c1-12(2)21-17(23)8-5-9-18(24)22-16(19(25)26)10-13-11-20-15-7-4-3-6-14(13)15/h3-4,6-7,11-12,16,20H,5,8-10H2,1-2H3,(H,21,23)(H,22,24)(H,25,26). The maximum absolute atomic E-state index is 12.0. The Morgan fingerprint density at radius 1 is 1.08 bits per heavy atom. The molecule has 0 fully saturated rings. The first-order chi connectivity index (χ1) is 12.4. The van der Waals surface area contributed by atoms with Crippen LogP contribution in [0.15, 0.2) is 30.5 Å². The molecule has 0 aliphatic heterocycles. The number of aromatic amines is 1. The topological polar surface area (TPSA) is 111 Å².